The number of thioether (sulfide) groups is 1. The Kier molecular flexibility index (Phi) is 7.15. The highest BCUT2D eigenvalue weighted by Gasteiger charge is 2.29. The fourth-order valence-corrected chi connectivity index (χ4v) is 3.86. The zero-order valence-corrected chi connectivity index (χ0v) is 17.1. The molecule has 0 radical (unpaired) electrons. The number of carbonyl (C=O) groups excluding carboxylic acids is 2. The molecule has 0 aromatic heterocycles. The summed E-state index contributed by atoms with van der Waals surface area (Å²) in [4.78, 5) is 30.1. The van der Waals surface area contributed by atoms with Gasteiger partial charge in [-0.3, -0.25) is 14.5 Å². The van der Waals surface area contributed by atoms with E-state index < -0.39 is 0 Å². The van der Waals surface area contributed by atoms with Gasteiger partial charge >= 0.3 is 0 Å². The molecule has 3 rings (SSSR count). The van der Waals surface area contributed by atoms with Crippen LogP contribution in [0.2, 0.25) is 0 Å². The van der Waals surface area contributed by atoms with Crippen LogP contribution in [-0.2, 0) is 9.59 Å². The largest absolute Gasteiger partial charge is 0.352 e. The van der Waals surface area contributed by atoms with Crippen molar-refractivity contribution < 1.29 is 9.59 Å². The zero-order valence-electron chi connectivity index (χ0n) is 16.2. The fraction of sp³-hybridized carbons (Fsp3) is 0.600. The molecule has 1 atom stereocenters. The molecule has 6 nitrogen and oxygen atoms in total. The van der Waals surface area contributed by atoms with Crippen LogP contribution in [0.25, 0.3) is 0 Å². The Hall–Kier alpha value is -1.57. The summed E-state index contributed by atoms with van der Waals surface area (Å²) >= 11 is 1.63. The van der Waals surface area contributed by atoms with Gasteiger partial charge in [0.25, 0.3) is 0 Å². The van der Waals surface area contributed by atoms with Gasteiger partial charge < -0.3 is 15.5 Å². The van der Waals surface area contributed by atoms with Crippen LogP contribution >= 0.6 is 11.8 Å². The van der Waals surface area contributed by atoms with E-state index >= 15 is 0 Å². The highest BCUT2D eigenvalue weighted by atomic mass is 32.2. The number of nitrogens with one attached hydrogen (secondary N) is 2. The number of carbonyl (C=O) groups is 2. The van der Waals surface area contributed by atoms with Crippen LogP contribution in [-0.4, -0.2) is 72.7 Å². The van der Waals surface area contributed by atoms with Gasteiger partial charge in [-0.05, 0) is 38.2 Å². The maximum absolute atomic E-state index is 12.3. The van der Waals surface area contributed by atoms with Crippen LogP contribution in [0.1, 0.15) is 26.2 Å². The Morgan fingerprint density at radius 3 is 2.56 bits per heavy atom. The molecule has 1 saturated carbocycles. The second-order valence-electron chi connectivity index (χ2n) is 7.33. The van der Waals surface area contributed by atoms with Gasteiger partial charge in [-0.25, -0.2) is 0 Å². The predicted octanol–water partition coefficient (Wildman–Crippen LogP) is 2.02. The van der Waals surface area contributed by atoms with Gasteiger partial charge in [0.2, 0.25) is 11.8 Å². The van der Waals surface area contributed by atoms with Crippen molar-refractivity contribution in [1.82, 2.24) is 15.1 Å². The van der Waals surface area contributed by atoms with Gasteiger partial charge in [0, 0.05) is 50.1 Å². The van der Waals surface area contributed by atoms with Crippen LogP contribution in [0.4, 0.5) is 5.69 Å². The third-order valence-electron chi connectivity index (χ3n) is 5.29. The summed E-state index contributed by atoms with van der Waals surface area (Å²) in [7, 11) is 0. The first-order valence-corrected chi connectivity index (χ1v) is 11.0. The van der Waals surface area contributed by atoms with E-state index in [4.69, 9.17) is 0 Å². The molecule has 7 heteroatoms. The van der Waals surface area contributed by atoms with Gasteiger partial charge in [0.05, 0.1) is 11.7 Å². The summed E-state index contributed by atoms with van der Waals surface area (Å²) in [6, 6.07) is 8.22. The van der Waals surface area contributed by atoms with Gasteiger partial charge in [-0.15, -0.1) is 11.8 Å². The first-order valence-electron chi connectivity index (χ1n) is 9.76. The van der Waals surface area contributed by atoms with E-state index in [0.717, 1.165) is 56.1 Å². The normalized spacial score (nSPS) is 19.5. The molecule has 2 aliphatic rings. The lowest BCUT2D eigenvalue weighted by molar-refractivity contribution is -0.126. The Balaban J connectivity index is 1.37. The molecular formula is C20H30N4O2S. The molecule has 1 aromatic carbocycles. The maximum atomic E-state index is 12.3. The third-order valence-corrected chi connectivity index (χ3v) is 6.09. The molecule has 1 heterocycles. The smallest absolute Gasteiger partial charge is 0.237 e. The Morgan fingerprint density at radius 1 is 1.19 bits per heavy atom. The minimum atomic E-state index is -0.0703. The third kappa shape index (κ3) is 5.96. The summed E-state index contributed by atoms with van der Waals surface area (Å²) < 4.78 is 0. The monoisotopic (exact) mass is 390 g/mol. The summed E-state index contributed by atoms with van der Waals surface area (Å²) in [6.45, 7) is 6.28. The van der Waals surface area contributed by atoms with Crippen molar-refractivity contribution in [1.29, 1.82) is 0 Å². The highest BCUT2D eigenvalue weighted by molar-refractivity contribution is 7.98. The number of nitrogens with zero attached hydrogens (tertiary/aromatic N) is 2. The number of benzene rings is 1. The maximum Gasteiger partial charge on any atom is 0.237 e. The number of hydrogen-bond donors (Lipinski definition) is 2. The van der Waals surface area contributed by atoms with E-state index in [1.807, 2.05) is 37.4 Å². The van der Waals surface area contributed by atoms with E-state index in [1.54, 1.807) is 11.8 Å². The summed E-state index contributed by atoms with van der Waals surface area (Å²) in [5.74, 6) is 0.203. The van der Waals surface area contributed by atoms with Crippen molar-refractivity contribution in [2.24, 2.45) is 0 Å². The lowest BCUT2D eigenvalue weighted by Crippen LogP contribution is -2.54. The first-order chi connectivity index (χ1) is 13.1. The molecule has 2 fully saturated rings. The Bertz CT molecular complexity index is 657. The average Bonchev–Trinajstić information content (AvgIpc) is 3.50. The first kappa shape index (κ1) is 20.2. The molecule has 1 aliphatic carbocycles. The minimum Gasteiger partial charge on any atom is -0.352 e. The lowest BCUT2D eigenvalue weighted by atomic mass is 10.2. The van der Waals surface area contributed by atoms with Crippen molar-refractivity contribution in [3.05, 3.63) is 24.3 Å². The lowest BCUT2D eigenvalue weighted by Gasteiger charge is -2.37. The van der Waals surface area contributed by atoms with Gasteiger partial charge in [0.15, 0.2) is 0 Å². The second kappa shape index (κ2) is 9.57. The van der Waals surface area contributed by atoms with Crippen LogP contribution in [0.5, 0.6) is 0 Å². The van der Waals surface area contributed by atoms with Crippen LogP contribution < -0.4 is 10.6 Å². The molecule has 2 amide bonds. The second-order valence-corrected chi connectivity index (χ2v) is 8.18. The predicted molar refractivity (Wildman–Crippen MR) is 110 cm³/mol. The van der Waals surface area contributed by atoms with Crippen molar-refractivity contribution in [2.45, 2.75) is 43.2 Å². The van der Waals surface area contributed by atoms with Crippen molar-refractivity contribution in [2.75, 3.05) is 44.3 Å². The summed E-state index contributed by atoms with van der Waals surface area (Å²) in [5, 5.41) is 6.10. The number of para-hydroxylation sites is 1. The molecule has 0 bridgehead atoms. The zero-order chi connectivity index (χ0) is 19.2. The van der Waals surface area contributed by atoms with E-state index in [2.05, 4.69) is 20.4 Å². The van der Waals surface area contributed by atoms with Crippen molar-refractivity contribution in [3.63, 3.8) is 0 Å². The molecule has 1 aromatic rings. The van der Waals surface area contributed by atoms with Crippen LogP contribution in [0.15, 0.2) is 29.2 Å². The highest BCUT2D eigenvalue weighted by Crippen LogP contribution is 2.24. The van der Waals surface area contributed by atoms with E-state index in [-0.39, 0.29) is 17.9 Å². The molecule has 0 spiro atoms. The quantitative estimate of drug-likeness (QED) is 0.665. The molecule has 2 N–H and O–H groups in total. The molecular weight excluding hydrogens is 360 g/mol. The number of hydrogen-bond acceptors (Lipinski definition) is 5. The average molecular weight is 391 g/mol. The summed E-state index contributed by atoms with van der Waals surface area (Å²) in [6.07, 6.45) is 4.74. The van der Waals surface area contributed by atoms with Crippen LogP contribution in [0, 0.1) is 0 Å². The topological polar surface area (TPSA) is 64.7 Å². The molecule has 148 valence electrons. The number of piperazine rings is 1. The minimum absolute atomic E-state index is 0.0520. The standard InChI is InChI=1S/C20H30N4O2S/c1-15(20(26)21-16-7-8-16)24-13-11-23(12-14-24)10-9-19(25)22-17-5-3-4-6-18(17)27-2/h3-6,15-16H,7-14H2,1-2H3,(H,21,26)(H,22,25). The molecule has 27 heavy (non-hydrogen) atoms. The molecule has 1 unspecified atom stereocenters. The Morgan fingerprint density at radius 2 is 1.89 bits per heavy atom. The number of anilines is 1. The van der Waals surface area contributed by atoms with E-state index in [9.17, 15) is 9.59 Å². The van der Waals surface area contributed by atoms with Gasteiger partial charge in [-0.2, -0.15) is 0 Å². The van der Waals surface area contributed by atoms with Crippen molar-refractivity contribution in [3.8, 4) is 0 Å². The molecule has 1 aliphatic heterocycles. The Labute approximate surface area is 166 Å². The van der Waals surface area contributed by atoms with Gasteiger partial charge in [0.1, 0.15) is 0 Å². The number of rotatable bonds is 8. The van der Waals surface area contributed by atoms with Crippen LogP contribution in [0.3, 0.4) is 0 Å². The summed E-state index contributed by atoms with van der Waals surface area (Å²) in [5.41, 5.74) is 0.885. The van der Waals surface area contributed by atoms with E-state index in [1.165, 1.54) is 0 Å². The fourth-order valence-electron chi connectivity index (χ4n) is 3.31. The SMILES string of the molecule is CSc1ccccc1NC(=O)CCN1CCN(C(C)C(=O)NC2CC2)CC1. The van der Waals surface area contributed by atoms with Crippen molar-refractivity contribution >= 4 is 29.3 Å². The van der Waals surface area contributed by atoms with Gasteiger partial charge in [-0.1, -0.05) is 12.1 Å². The number of amides is 2. The molecule has 1 saturated heterocycles. The van der Waals surface area contributed by atoms with E-state index in [0.29, 0.717) is 12.5 Å².